The molecule has 4 aliphatic carbocycles. The van der Waals surface area contributed by atoms with Gasteiger partial charge in [0.05, 0.1) is 0 Å². The van der Waals surface area contributed by atoms with Crippen LogP contribution in [0.3, 0.4) is 0 Å². The average molecular weight is 433 g/mol. The molecule has 1 heteroatoms. The largest absolute Gasteiger partial charge is 0.0654 e. The van der Waals surface area contributed by atoms with Crippen LogP contribution in [0, 0.1) is 17.8 Å². The van der Waals surface area contributed by atoms with Gasteiger partial charge in [-0.2, -0.15) is 0 Å². The fraction of sp³-hybridized carbons (Fsp3) is 0.600. The smallest absolute Gasteiger partial charge is 0.000622 e. The van der Waals surface area contributed by atoms with Crippen molar-refractivity contribution in [3.8, 4) is 0 Å². The summed E-state index contributed by atoms with van der Waals surface area (Å²) in [4.78, 5) is 0. The number of rotatable bonds is 9. The molecule has 2 aromatic carbocycles. The standard InChI is InChI=1S/C30H41P/c1-3-5-11-26-13-7-9-15-28(26)31(29-16-10-8-14-27(29)12-6-4-2)30-20-23-17-24(21-30)19-25(18-23)22-30/h7-10,13-16,23-25H,3-6,11-12,17-22H2,1-2H3. The molecular weight excluding hydrogens is 391 g/mol. The summed E-state index contributed by atoms with van der Waals surface area (Å²) in [5, 5.41) is 4.06. The molecule has 0 N–H and O–H groups in total. The summed E-state index contributed by atoms with van der Waals surface area (Å²) in [7, 11) is -0.300. The molecule has 4 aliphatic rings. The Morgan fingerprint density at radius 2 is 1.10 bits per heavy atom. The molecule has 166 valence electrons. The minimum atomic E-state index is -0.300. The van der Waals surface area contributed by atoms with Gasteiger partial charge in [-0.1, -0.05) is 75.2 Å². The van der Waals surface area contributed by atoms with Crippen molar-refractivity contribution in [1.82, 2.24) is 0 Å². The van der Waals surface area contributed by atoms with Gasteiger partial charge in [-0.15, -0.1) is 0 Å². The van der Waals surface area contributed by atoms with E-state index in [0.717, 1.165) is 17.8 Å². The maximum atomic E-state index is 2.55. The lowest BCUT2D eigenvalue weighted by atomic mass is 9.56. The first-order chi connectivity index (χ1) is 15.2. The summed E-state index contributed by atoms with van der Waals surface area (Å²) in [6.45, 7) is 4.68. The lowest BCUT2D eigenvalue weighted by molar-refractivity contribution is 0.0364. The van der Waals surface area contributed by atoms with Crippen LogP contribution < -0.4 is 10.6 Å². The molecule has 0 heterocycles. The molecular formula is C30H41P. The Bertz CT molecular complexity index is 795. The quantitative estimate of drug-likeness (QED) is 0.355. The van der Waals surface area contributed by atoms with Crippen LogP contribution in [-0.4, -0.2) is 5.16 Å². The van der Waals surface area contributed by atoms with E-state index in [1.54, 1.807) is 21.7 Å². The zero-order chi connectivity index (χ0) is 21.3. The normalized spacial score (nSPS) is 29.1. The van der Waals surface area contributed by atoms with E-state index < -0.39 is 0 Å². The van der Waals surface area contributed by atoms with E-state index >= 15 is 0 Å². The van der Waals surface area contributed by atoms with Crippen LogP contribution in [0.4, 0.5) is 0 Å². The van der Waals surface area contributed by atoms with Crippen molar-refractivity contribution in [2.75, 3.05) is 0 Å². The SMILES string of the molecule is CCCCc1ccccc1P(c1ccccc1CCCC)C12CC3CC(CC(C3)C1)C2. The summed E-state index contributed by atoms with van der Waals surface area (Å²) in [6.07, 6.45) is 16.9. The van der Waals surface area contributed by atoms with Crippen LogP contribution in [0.25, 0.3) is 0 Å². The molecule has 0 amide bonds. The van der Waals surface area contributed by atoms with Gasteiger partial charge in [0, 0.05) is 0 Å². The zero-order valence-electron chi connectivity index (χ0n) is 19.8. The second-order valence-corrected chi connectivity index (χ2v) is 13.5. The van der Waals surface area contributed by atoms with Gasteiger partial charge < -0.3 is 0 Å². The van der Waals surface area contributed by atoms with Gasteiger partial charge in [-0.25, -0.2) is 0 Å². The predicted octanol–water partition coefficient (Wildman–Crippen LogP) is 7.77. The van der Waals surface area contributed by atoms with Crippen molar-refractivity contribution < 1.29 is 0 Å². The van der Waals surface area contributed by atoms with Gasteiger partial charge >= 0.3 is 0 Å². The van der Waals surface area contributed by atoms with Crippen LogP contribution in [0.5, 0.6) is 0 Å². The third-order valence-electron chi connectivity index (χ3n) is 8.54. The summed E-state index contributed by atoms with van der Waals surface area (Å²) in [5.41, 5.74) is 3.33. The van der Waals surface area contributed by atoms with Gasteiger partial charge in [0.1, 0.15) is 0 Å². The predicted molar refractivity (Wildman–Crippen MR) is 137 cm³/mol. The summed E-state index contributed by atoms with van der Waals surface area (Å²) in [6, 6.07) is 19.3. The molecule has 0 aromatic heterocycles. The molecule has 0 aliphatic heterocycles. The molecule has 4 fully saturated rings. The van der Waals surface area contributed by atoms with Crippen LogP contribution in [0.15, 0.2) is 48.5 Å². The molecule has 4 bridgehead atoms. The van der Waals surface area contributed by atoms with Crippen LogP contribution in [-0.2, 0) is 12.8 Å². The van der Waals surface area contributed by atoms with Crippen molar-refractivity contribution >= 4 is 18.5 Å². The molecule has 0 atom stereocenters. The molecule has 0 nitrogen and oxygen atoms in total. The fourth-order valence-corrected chi connectivity index (χ4v) is 11.6. The first-order valence-corrected chi connectivity index (χ1v) is 14.5. The van der Waals surface area contributed by atoms with Gasteiger partial charge in [-0.05, 0) is 117 Å². The van der Waals surface area contributed by atoms with E-state index in [4.69, 9.17) is 0 Å². The molecule has 0 radical (unpaired) electrons. The molecule has 31 heavy (non-hydrogen) atoms. The number of benzene rings is 2. The summed E-state index contributed by atoms with van der Waals surface area (Å²) < 4.78 is 0. The monoisotopic (exact) mass is 432 g/mol. The second kappa shape index (κ2) is 9.39. The molecule has 4 saturated carbocycles. The van der Waals surface area contributed by atoms with E-state index in [9.17, 15) is 0 Å². The highest BCUT2D eigenvalue weighted by atomic mass is 31.1. The number of hydrogen-bond acceptors (Lipinski definition) is 0. The number of aryl methyl sites for hydroxylation is 2. The highest BCUT2D eigenvalue weighted by Gasteiger charge is 2.55. The van der Waals surface area contributed by atoms with Crippen LogP contribution >= 0.6 is 7.92 Å². The van der Waals surface area contributed by atoms with E-state index in [2.05, 4.69) is 62.4 Å². The maximum Gasteiger partial charge on any atom is -0.000622 e. The maximum absolute atomic E-state index is 2.55. The molecule has 6 rings (SSSR count). The van der Waals surface area contributed by atoms with Crippen LogP contribution in [0.2, 0.25) is 0 Å². The highest BCUT2D eigenvalue weighted by Crippen LogP contribution is 2.68. The Kier molecular flexibility index (Phi) is 6.57. The Morgan fingerprint density at radius 3 is 1.52 bits per heavy atom. The Balaban J connectivity index is 1.63. The van der Waals surface area contributed by atoms with Gasteiger partial charge in [0.15, 0.2) is 0 Å². The van der Waals surface area contributed by atoms with Gasteiger partial charge in [-0.3, -0.25) is 0 Å². The minimum Gasteiger partial charge on any atom is -0.0654 e. The molecule has 0 unspecified atom stereocenters. The van der Waals surface area contributed by atoms with Crippen LogP contribution in [0.1, 0.15) is 89.2 Å². The third-order valence-corrected chi connectivity index (χ3v) is 11.9. The van der Waals surface area contributed by atoms with E-state index in [-0.39, 0.29) is 7.92 Å². The average Bonchev–Trinajstić information content (AvgIpc) is 2.77. The summed E-state index contributed by atoms with van der Waals surface area (Å²) in [5.74, 6) is 3.05. The molecule has 0 spiro atoms. The third kappa shape index (κ3) is 4.27. The first kappa shape index (κ1) is 21.7. The first-order valence-electron chi connectivity index (χ1n) is 13.2. The lowest BCUT2D eigenvalue weighted by Crippen LogP contribution is -2.52. The number of hydrogen-bond donors (Lipinski definition) is 0. The Hall–Kier alpha value is -1.13. The van der Waals surface area contributed by atoms with E-state index in [1.165, 1.54) is 77.0 Å². The van der Waals surface area contributed by atoms with Gasteiger partial charge in [0.2, 0.25) is 0 Å². The molecule has 0 saturated heterocycles. The minimum absolute atomic E-state index is 0.300. The lowest BCUT2D eigenvalue weighted by Gasteiger charge is -2.60. The fourth-order valence-electron chi connectivity index (χ4n) is 7.59. The van der Waals surface area contributed by atoms with Gasteiger partial charge in [0.25, 0.3) is 0 Å². The Labute approximate surface area is 192 Å². The summed E-state index contributed by atoms with van der Waals surface area (Å²) >= 11 is 0. The van der Waals surface area contributed by atoms with Crippen molar-refractivity contribution in [3.63, 3.8) is 0 Å². The zero-order valence-corrected chi connectivity index (χ0v) is 20.7. The topological polar surface area (TPSA) is 0 Å². The van der Waals surface area contributed by atoms with Crippen molar-refractivity contribution in [2.45, 2.75) is 96.1 Å². The van der Waals surface area contributed by atoms with Crippen molar-refractivity contribution in [2.24, 2.45) is 17.8 Å². The van der Waals surface area contributed by atoms with E-state index in [1.807, 2.05) is 0 Å². The Morgan fingerprint density at radius 1 is 0.677 bits per heavy atom. The second-order valence-electron chi connectivity index (χ2n) is 10.9. The van der Waals surface area contributed by atoms with Crippen molar-refractivity contribution in [3.05, 3.63) is 59.7 Å². The molecule has 2 aromatic rings. The van der Waals surface area contributed by atoms with E-state index in [0.29, 0.717) is 5.16 Å². The highest BCUT2D eigenvalue weighted by molar-refractivity contribution is 7.74. The number of unbranched alkanes of at least 4 members (excludes halogenated alkanes) is 2. The van der Waals surface area contributed by atoms with Crippen molar-refractivity contribution in [1.29, 1.82) is 0 Å².